The van der Waals surface area contributed by atoms with E-state index in [4.69, 9.17) is 23.7 Å². The van der Waals surface area contributed by atoms with Crippen molar-refractivity contribution in [2.24, 2.45) is 0 Å². The van der Waals surface area contributed by atoms with E-state index in [1.54, 1.807) is 28.3 Å². The third kappa shape index (κ3) is 5.76. The van der Waals surface area contributed by atoms with Gasteiger partial charge in [0.25, 0.3) is 0 Å². The standard InChI is InChI=1S/C40H44N2O8/c1-23(40(44)45)42(3)16-14-26-20-33(47-5)35-22-29(26)31(42)18-24-7-10-28(11-8-24)49-34-19-25(9-12-32(34)46-4)17-30-37-27(13-15-41(30)2)21-36(48-6)38(43)39(37)50-35/h7-12,19-23,30-31H,13-18H2,1-6H3,(H-,43,44,45)/p+1. The number of benzene rings is 4. The van der Waals surface area contributed by atoms with Gasteiger partial charge < -0.3 is 38.4 Å². The summed E-state index contributed by atoms with van der Waals surface area (Å²) in [7, 11) is 8.90. The first kappa shape index (κ1) is 33.6. The summed E-state index contributed by atoms with van der Waals surface area (Å²) in [5, 5.41) is 22.1. The van der Waals surface area contributed by atoms with Crippen molar-refractivity contribution in [3.05, 3.63) is 94.0 Å². The van der Waals surface area contributed by atoms with Crippen LogP contribution < -0.4 is 23.7 Å². The second-order valence-corrected chi connectivity index (χ2v) is 13.9. The van der Waals surface area contributed by atoms with Crippen molar-refractivity contribution < 1.29 is 43.2 Å². The molecule has 4 atom stereocenters. The van der Waals surface area contributed by atoms with Crippen molar-refractivity contribution in [1.29, 1.82) is 0 Å². The molecule has 2 N–H and O–H groups in total. The average molecular weight is 682 g/mol. The Balaban J connectivity index is 1.48. The number of hydrogen-bond donors (Lipinski definition) is 2. The van der Waals surface area contributed by atoms with Gasteiger partial charge in [-0.15, -0.1) is 0 Å². The third-order valence-corrected chi connectivity index (χ3v) is 11.2. The van der Waals surface area contributed by atoms with Gasteiger partial charge in [-0.25, -0.2) is 4.79 Å². The van der Waals surface area contributed by atoms with Crippen molar-refractivity contribution in [3.63, 3.8) is 0 Å². The first-order valence-corrected chi connectivity index (χ1v) is 17.1. The Bertz CT molecular complexity index is 1940. The van der Waals surface area contributed by atoms with Crippen LogP contribution in [-0.2, 0) is 30.5 Å². The van der Waals surface area contributed by atoms with Gasteiger partial charge in [-0.2, -0.15) is 0 Å². The molecule has 50 heavy (non-hydrogen) atoms. The van der Waals surface area contributed by atoms with E-state index in [9.17, 15) is 15.0 Å². The summed E-state index contributed by atoms with van der Waals surface area (Å²) in [5.74, 6) is 2.60. The fraction of sp³-hybridized carbons (Fsp3) is 0.375. The maximum Gasteiger partial charge on any atom is 0.362 e. The van der Waals surface area contributed by atoms with Crippen LogP contribution in [0.1, 0.15) is 52.4 Å². The molecular weight excluding hydrogens is 636 g/mol. The first-order chi connectivity index (χ1) is 24.0. The number of carbonyl (C=O) groups is 1. The summed E-state index contributed by atoms with van der Waals surface area (Å²) in [6.07, 6.45) is 2.61. The highest BCUT2D eigenvalue weighted by Gasteiger charge is 2.46. The van der Waals surface area contributed by atoms with Crippen LogP contribution in [0.5, 0.6) is 46.0 Å². The molecule has 0 amide bonds. The zero-order valence-electron chi connectivity index (χ0n) is 29.5. The number of carboxylic acid groups (broad SMARTS) is 1. The Morgan fingerprint density at radius 3 is 2.24 bits per heavy atom. The molecule has 0 saturated carbocycles. The lowest BCUT2D eigenvalue weighted by Crippen LogP contribution is -2.59. The summed E-state index contributed by atoms with van der Waals surface area (Å²) < 4.78 is 30.9. The summed E-state index contributed by atoms with van der Waals surface area (Å²) in [4.78, 5) is 14.8. The zero-order chi connectivity index (χ0) is 35.3. The molecule has 0 radical (unpaired) electrons. The zero-order valence-corrected chi connectivity index (χ0v) is 29.5. The Hall–Kier alpha value is -4.93. The molecule has 4 unspecified atom stereocenters. The van der Waals surface area contributed by atoms with E-state index >= 15 is 0 Å². The lowest BCUT2D eigenvalue weighted by Gasteiger charge is -2.48. The SMILES string of the molecule is COc1ccc2cc1Oc1ccc(cc1)CC1c3cc(c(OC)cc3CC[N+]1(C)C(C)C(=O)O)Oc1c(O)c(OC)cc3c1C(C2)N(C)CC3. The Labute approximate surface area is 292 Å². The summed E-state index contributed by atoms with van der Waals surface area (Å²) in [6.45, 7) is 3.23. The van der Waals surface area contributed by atoms with E-state index in [0.717, 1.165) is 46.3 Å². The lowest BCUT2D eigenvalue weighted by atomic mass is 9.85. The molecule has 4 aromatic rings. The molecule has 10 heteroatoms. The number of carboxylic acids is 1. The highest BCUT2D eigenvalue weighted by atomic mass is 16.5. The molecule has 4 heterocycles. The van der Waals surface area contributed by atoms with Crippen LogP contribution in [0.4, 0.5) is 0 Å². The fourth-order valence-corrected chi connectivity index (χ4v) is 8.01. The highest BCUT2D eigenvalue weighted by Crippen LogP contribution is 2.52. The maximum absolute atomic E-state index is 12.6. The second kappa shape index (κ2) is 13.1. The molecule has 6 bridgehead atoms. The molecular formula is C40H45N2O8+. The van der Waals surface area contributed by atoms with Gasteiger partial charge in [0, 0.05) is 36.6 Å². The average Bonchev–Trinajstić information content (AvgIpc) is 3.11. The molecule has 0 aromatic heterocycles. The van der Waals surface area contributed by atoms with Crippen LogP contribution in [0, 0.1) is 0 Å². The highest BCUT2D eigenvalue weighted by molar-refractivity contribution is 5.71. The predicted molar refractivity (Wildman–Crippen MR) is 188 cm³/mol. The quantitative estimate of drug-likeness (QED) is 0.219. The van der Waals surface area contributed by atoms with Gasteiger partial charge >= 0.3 is 5.97 Å². The predicted octanol–water partition coefficient (Wildman–Crippen LogP) is 6.85. The van der Waals surface area contributed by atoms with E-state index < -0.39 is 12.0 Å². The molecule has 262 valence electrons. The number of nitrogens with zero attached hydrogens (tertiary/aromatic N) is 2. The topological polar surface area (TPSA) is 107 Å². The van der Waals surface area contributed by atoms with Crippen LogP contribution in [-0.4, -0.2) is 80.1 Å². The number of hydrogen-bond acceptors (Lipinski definition) is 8. The van der Waals surface area contributed by atoms with Crippen LogP contribution >= 0.6 is 0 Å². The number of methoxy groups -OCH3 is 3. The van der Waals surface area contributed by atoms with E-state index in [1.165, 1.54) is 0 Å². The summed E-state index contributed by atoms with van der Waals surface area (Å²) >= 11 is 0. The van der Waals surface area contributed by atoms with Gasteiger partial charge in [0.15, 0.2) is 40.5 Å². The van der Waals surface area contributed by atoms with E-state index in [1.807, 2.05) is 67.7 Å². The number of rotatable bonds is 5. The molecule has 0 fully saturated rings. The molecule has 4 aliphatic rings. The smallest absolute Gasteiger partial charge is 0.362 e. The van der Waals surface area contributed by atoms with Gasteiger partial charge in [-0.05, 0) is 91.5 Å². The van der Waals surface area contributed by atoms with Gasteiger partial charge in [0.05, 0.1) is 34.9 Å². The Morgan fingerprint density at radius 2 is 1.54 bits per heavy atom. The number of quaternary nitrogens is 1. The van der Waals surface area contributed by atoms with Crippen molar-refractivity contribution in [1.82, 2.24) is 4.90 Å². The van der Waals surface area contributed by atoms with Crippen molar-refractivity contribution in [2.75, 3.05) is 48.5 Å². The largest absolute Gasteiger partial charge is 0.502 e. The number of aromatic hydroxyl groups is 1. The molecule has 4 aliphatic heterocycles. The minimum atomic E-state index is -0.844. The molecule has 0 spiro atoms. The van der Waals surface area contributed by atoms with Gasteiger partial charge in [0.2, 0.25) is 5.75 Å². The molecule has 4 aromatic carbocycles. The fourth-order valence-electron chi connectivity index (χ4n) is 8.01. The van der Waals surface area contributed by atoms with Crippen LogP contribution in [0.15, 0.2) is 60.7 Å². The summed E-state index contributed by atoms with van der Waals surface area (Å²) in [6, 6.07) is 18.8. The monoisotopic (exact) mass is 681 g/mol. The number of aliphatic carboxylic acids is 1. The molecule has 0 saturated heterocycles. The molecule has 10 nitrogen and oxygen atoms in total. The lowest BCUT2D eigenvalue weighted by molar-refractivity contribution is -0.954. The van der Waals surface area contributed by atoms with Crippen LogP contribution in [0.25, 0.3) is 0 Å². The number of fused-ring (bicyclic) bond motifs is 2. The molecule has 0 aliphatic carbocycles. The number of likely N-dealkylation sites (N-methyl/N-ethyl adjacent to an activating group) is 2. The Kier molecular flexibility index (Phi) is 8.78. The van der Waals surface area contributed by atoms with Crippen molar-refractivity contribution in [3.8, 4) is 46.0 Å². The summed E-state index contributed by atoms with van der Waals surface area (Å²) in [5.41, 5.74) is 6.07. The van der Waals surface area contributed by atoms with Gasteiger partial charge in [-0.3, -0.25) is 4.90 Å². The van der Waals surface area contributed by atoms with Gasteiger partial charge in [0.1, 0.15) is 11.8 Å². The minimum absolute atomic E-state index is 0.0873. The normalized spacial score (nSPS) is 21.8. The van der Waals surface area contributed by atoms with Crippen LogP contribution in [0.2, 0.25) is 0 Å². The number of phenols is 1. The molecule has 8 rings (SSSR count). The number of ether oxygens (including phenoxy) is 5. The maximum atomic E-state index is 12.6. The second-order valence-electron chi connectivity index (χ2n) is 13.9. The third-order valence-electron chi connectivity index (χ3n) is 11.2. The van der Waals surface area contributed by atoms with Crippen molar-refractivity contribution in [2.45, 2.75) is 50.7 Å². The van der Waals surface area contributed by atoms with Gasteiger partial charge in [-0.1, -0.05) is 18.2 Å². The van der Waals surface area contributed by atoms with E-state index in [-0.39, 0.29) is 17.8 Å². The Morgan fingerprint density at radius 1 is 0.860 bits per heavy atom. The number of phenolic OH excluding ortho intramolecular Hbond substituents is 1. The van der Waals surface area contributed by atoms with E-state index in [2.05, 4.69) is 11.9 Å². The van der Waals surface area contributed by atoms with E-state index in [0.29, 0.717) is 70.5 Å². The van der Waals surface area contributed by atoms with Crippen LogP contribution in [0.3, 0.4) is 0 Å². The minimum Gasteiger partial charge on any atom is -0.502 e. The first-order valence-electron chi connectivity index (χ1n) is 17.1. The van der Waals surface area contributed by atoms with Crippen molar-refractivity contribution >= 4 is 5.97 Å².